The predicted octanol–water partition coefficient (Wildman–Crippen LogP) is 5.26. The second-order valence-corrected chi connectivity index (χ2v) is 11.0. The zero-order valence-corrected chi connectivity index (χ0v) is 22.6. The Morgan fingerprint density at radius 2 is 1.69 bits per heavy atom. The predicted molar refractivity (Wildman–Crippen MR) is 143 cm³/mol. The number of nitrogens with one attached hydrogen (secondary N) is 1. The number of carbonyl (C=O) groups is 1. The fourth-order valence-electron chi connectivity index (χ4n) is 3.45. The van der Waals surface area contributed by atoms with Crippen molar-refractivity contribution in [3.05, 3.63) is 82.4 Å². The summed E-state index contributed by atoms with van der Waals surface area (Å²) in [6.45, 7) is 7.31. The number of amides is 1. The van der Waals surface area contributed by atoms with Gasteiger partial charge in [0, 0.05) is 11.6 Å². The summed E-state index contributed by atoms with van der Waals surface area (Å²) in [5.41, 5.74) is 2.81. The van der Waals surface area contributed by atoms with Gasteiger partial charge in [0.15, 0.2) is 11.5 Å². The number of halogens is 1. The Bertz CT molecular complexity index is 1320. The Morgan fingerprint density at radius 3 is 2.31 bits per heavy atom. The number of ether oxygens (including phenoxy) is 2. The second kappa shape index (κ2) is 11.7. The second-order valence-electron chi connectivity index (χ2n) is 8.69. The van der Waals surface area contributed by atoms with Gasteiger partial charge in [0.25, 0.3) is 10.0 Å². The van der Waals surface area contributed by atoms with Crippen LogP contribution in [0.2, 0.25) is 5.02 Å². The van der Waals surface area contributed by atoms with E-state index in [1.165, 1.54) is 12.1 Å². The summed E-state index contributed by atoms with van der Waals surface area (Å²) in [5, 5.41) is 3.21. The summed E-state index contributed by atoms with van der Waals surface area (Å²) in [6.07, 6.45) is -0.0128. The molecule has 9 heteroatoms. The van der Waals surface area contributed by atoms with Gasteiger partial charge in [-0.25, -0.2) is 8.42 Å². The first kappa shape index (κ1) is 27.4. The first-order valence-corrected chi connectivity index (χ1v) is 13.3. The van der Waals surface area contributed by atoms with Gasteiger partial charge in [-0.05, 0) is 75.2 Å². The van der Waals surface area contributed by atoms with Crippen LogP contribution in [0, 0.1) is 13.8 Å². The summed E-state index contributed by atoms with van der Waals surface area (Å²) in [5.74, 6) is 0.686. The topological polar surface area (TPSA) is 84.9 Å². The molecule has 36 heavy (non-hydrogen) atoms. The van der Waals surface area contributed by atoms with Gasteiger partial charge < -0.3 is 14.8 Å². The highest BCUT2D eigenvalue weighted by atomic mass is 35.5. The molecule has 0 fully saturated rings. The maximum atomic E-state index is 13.5. The van der Waals surface area contributed by atoms with E-state index in [0.29, 0.717) is 22.2 Å². The lowest BCUT2D eigenvalue weighted by Crippen LogP contribution is -2.40. The number of nitrogens with zero attached hydrogens (tertiary/aromatic N) is 1. The Kier molecular flexibility index (Phi) is 8.87. The molecule has 0 aliphatic carbocycles. The number of sulfonamides is 1. The van der Waals surface area contributed by atoms with E-state index in [1.54, 1.807) is 49.6 Å². The normalized spacial score (nSPS) is 11.3. The molecule has 192 valence electrons. The van der Waals surface area contributed by atoms with Crippen LogP contribution in [0.15, 0.2) is 65.6 Å². The highest BCUT2D eigenvalue weighted by molar-refractivity contribution is 7.92. The van der Waals surface area contributed by atoms with Crippen LogP contribution in [-0.4, -0.2) is 34.1 Å². The highest BCUT2D eigenvalue weighted by Gasteiger charge is 2.27. The third-order valence-electron chi connectivity index (χ3n) is 5.42. The maximum Gasteiger partial charge on any atom is 0.264 e. The molecular weight excluding hydrogens is 500 g/mol. The van der Waals surface area contributed by atoms with Crippen LogP contribution in [0.25, 0.3) is 0 Å². The fourth-order valence-corrected chi connectivity index (χ4v) is 5.04. The number of anilines is 1. The van der Waals surface area contributed by atoms with Crippen LogP contribution in [-0.2, 0) is 21.4 Å². The molecule has 0 aromatic heterocycles. The monoisotopic (exact) mass is 530 g/mol. The molecule has 0 unspecified atom stereocenters. The van der Waals surface area contributed by atoms with E-state index in [2.05, 4.69) is 5.32 Å². The standard InChI is InChI=1S/C27H31ClN2O5S/c1-18(2)35-25-13-9-21(14-26(25)34-5)16-29-27(31)17-30(22-10-8-20(4)24(28)15-22)36(32,33)23-11-6-19(3)7-12-23/h6-15,18H,16-17H2,1-5H3,(H,29,31). The van der Waals surface area contributed by atoms with Crippen LogP contribution in [0.4, 0.5) is 5.69 Å². The van der Waals surface area contributed by atoms with Crippen molar-refractivity contribution in [3.63, 3.8) is 0 Å². The van der Waals surface area contributed by atoms with Crippen LogP contribution < -0.4 is 19.1 Å². The highest BCUT2D eigenvalue weighted by Crippen LogP contribution is 2.30. The molecular formula is C27H31ClN2O5S. The average Bonchev–Trinajstić information content (AvgIpc) is 2.83. The van der Waals surface area contributed by atoms with Gasteiger partial charge in [0.2, 0.25) is 5.91 Å². The molecule has 3 aromatic carbocycles. The molecule has 0 aliphatic heterocycles. The van der Waals surface area contributed by atoms with E-state index >= 15 is 0 Å². The summed E-state index contributed by atoms with van der Waals surface area (Å²) in [7, 11) is -2.48. The summed E-state index contributed by atoms with van der Waals surface area (Å²) < 4.78 is 39.3. The van der Waals surface area contributed by atoms with Crippen molar-refractivity contribution in [2.75, 3.05) is 18.0 Å². The van der Waals surface area contributed by atoms with Crippen LogP contribution in [0.3, 0.4) is 0 Å². The zero-order valence-electron chi connectivity index (χ0n) is 21.0. The maximum absolute atomic E-state index is 13.5. The molecule has 0 saturated carbocycles. The molecule has 1 N–H and O–H groups in total. The van der Waals surface area contributed by atoms with Gasteiger partial charge in [-0.15, -0.1) is 0 Å². The van der Waals surface area contributed by atoms with E-state index in [-0.39, 0.29) is 17.5 Å². The van der Waals surface area contributed by atoms with Crippen molar-refractivity contribution in [2.45, 2.75) is 45.2 Å². The molecule has 0 spiro atoms. The van der Waals surface area contributed by atoms with E-state index < -0.39 is 22.5 Å². The quantitative estimate of drug-likeness (QED) is 0.386. The van der Waals surface area contributed by atoms with Gasteiger partial charge in [0.05, 0.1) is 23.8 Å². The average molecular weight is 531 g/mol. The number of rotatable bonds is 10. The summed E-state index contributed by atoms with van der Waals surface area (Å²) >= 11 is 6.28. The smallest absolute Gasteiger partial charge is 0.264 e. The van der Waals surface area contributed by atoms with Gasteiger partial charge in [-0.2, -0.15) is 0 Å². The number of hydrogen-bond donors (Lipinski definition) is 1. The Hall–Kier alpha value is -3.23. The summed E-state index contributed by atoms with van der Waals surface area (Å²) in [6, 6.07) is 16.8. The molecule has 0 bridgehead atoms. The number of methoxy groups -OCH3 is 1. The minimum atomic E-state index is -4.03. The van der Waals surface area contributed by atoms with Crippen molar-refractivity contribution in [1.82, 2.24) is 5.32 Å². The van der Waals surface area contributed by atoms with E-state index in [9.17, 15) is 13.2 Å². The van der Waals surface area contributed by atoms with Crippen LogP contribution in [0.5, 0.6) is 11.5 Å². The summed E-state index contributed by atoms with van der Waals surface area (Å²) in [4.78, 5) is 13.0. The minimum absolute atomic E-state index is 0.0128. The van der Waals surface area contributed by atoms with Crippen molar-refractivity contribution in [1.29, 1.82) is 0 Å². The van der Waals surface area contributed by atoms with Gasteiger partial charge in [-0.1, -0.05) is 41.4 Å². The lowest BCUT2D eigenvalue weighted by atomic mass is 10.2. The van der Waals surface area contributed by atoms with Gasteiger partial charge in [-0.3, -0.25) is 9.10 Å². The lowest BCUT2D eigenvalue weighted by molar-refractivity contribution is -0.119. The van der Waals surface area contributed by atoms with E-state index in [0.717, 1.165) is 21.0 Å². The molecule has 7 nitrogen and oxygen atoms in total. The Morgan fingerprint density at radius 1 is 1.00 bits per heavy atom. The first-order chi connectivity index (χ1) is 17.0. The minimum Gasteiger partial charge on any atom is -0.493 e. The third kappa shape index (κ3) is 6.71. The lowest BCUT2D eigenvalue weighted by Gasteiger charge is -2.24. The first-order valence-electron chi connectivity index (χ1n) is 11.5. The van der Waals surface area contributed by atoms with E-state index in [1.807, 2.05) is 33.8 Å². The molecule has 3 rings (SSSR count). The molecule has 3 aromatic rings. The fraction of sp³-hybridized carbons (Fsp3) is 0.296. The zero-order chi connectivity index (χ0) is 26.5. The largest absolute Gasteiger partial charge is 0.493 e. The van der Waals surface area contributed by atoms with Crippen molar-refractivity contribution < 1.29 is 22.7 Å². The van der Waals surface area contributed by atoms with Crippen molar-refractivity contribution in [3.8, 4) is 11.5 Å². The van der Waals surface area contributed by atoms with Crippen LogP contribution >= 0.6 is 11.6 Å². The van der Waals surface area contributed by atoms with Gasteiger partial charge >= 0.3 is 0 Å². The SMILES string of the molecule is COc1cc(CNC(=O)CN(c2ccc(C)c(Cl)c2)S(=O)(=O)c2ccc(C)cc2)ccc1OC(C)C. The van der Waals surface area contributed by atoms with E-state index in [4.69, 9.17) is 21.1 Å². The third-order valence-corrected chi connectivity index (χ3v) is 7.62. The molecule has 1 amide bonds. The number of aryl methyl sites for hydroxylation is 2. The molecule has 0 saturated heterocycles. The number of benzene rings is 3. The molecule has 0 radical (unpaired) electrons. The van der Waals surface area contributed by atoms with Gasteiger partial charge in [0.1, 0.15) is 6.54 Å². The molecule has 0 aliphatic rings. The molecule has 0 heterocycles. The van der Waals surface area contributed by atoms with Crippen molar-refractivity contribution >= 4 is 33.2 Å². The Labute approximate surface area is 218 Å². The number of hydrogen-bond acceptors (Lipinski definition) is 5. The van der Waals surface area contributed by atoms with Crippen molar-refractivity contribution in [2.24, 2.45) is 0 Å². The Balaban J connectivity index is 1.83. The number of carbonyl (C=O) groups excluding carboxylic acids is 1. The van der Waals surface area contributed by atoms with Crippen LogP contribution in [0.1, 0.15) is 30.5 Å². The molecule has 0 atom stereocenters.